The van der Waals surface area contributed by atoms with E-state index in [2.05, 4.69) is 4.90 Å². The summed E-state index contributed by atoms with van der Waals surface area (Å²) in [7, 11) is 0. The number of aliphatic hydroxyl groups is 1. The van der Waals surface area contributed by atoms with Crippen molar-refractivity contribution in [1.82, 2.24) is 9.80 Å². The van der Waals surface area contributed by atoms with Crippen LogP contribution in [0.1, 0.15) is 32.4 Å². The number of carbonyl (C=O) groups is 2. The van der Waals surface area contributed by atoms with Gasteiger partial charge in [-0.1, -0.05) is 13.8 Å². The van der Waals surface area contributed by atoms with E-state index < -0.39 is 28.4 Å². The number of hydrogen-bond donors (Lipinski definition) is 1. The molecule has 0 saturated heterocycles. The largest absolute Gasteiger partial charge is 0.503 e. The van der Waals surface area contributed by atoms with Crippen molar-refractivity contribution in [1.29, 1.82) is 0 Å². The number of aliphatic hydroxyl groups excluding tert-OH is 1. The topological polar surface area (TPSA) is 104 Å². The van der Waals surface area contributed by atoms with Crippen LogP contribution in [0.4, 0.5) is 5.69 Å². The number of nitro benzene ring substituents is 1. The van der Waals surface area contributed by atoms with Gasteiger partial charge in [-0.2, -0.15) is 0 Å². The molecular weight excluding hydrogens is 338 g/mol. The van der Waals surface area contributed by atoms with Crippen LogP contribution >= 0.6 is 0 Å². The van der Waals surface area contributed by atoms with E-state index in [4.69, 9.17) is 0 Å². The zero-order valence-electron chi connectivity index (χ0n) is 15.1. The summed E-state index contributed by atoms with van der Waals surface area (Å²) < 4.78 is 0. The summed E-state index contributed by atoms with van der Waals surface area (Å²) in [6, 6.07) is 4.95. The van der Waals surface area contributed by atoms with Gasteiger partial charge in [0.25, 0.3) is 11.6 Å². The number of rotatable bonds is 8. The number of carbonyl (C=O) groups excluding carboxylic acids is 2. The molecule has 26 heavy (non-hydrogen) atoms. The second kappa shape index (κ2) is 8.09. The first-order chi connectivity index (χ1) is 12.3. The number of non-ortho nitro benzene ring substituents is 1. The third-order valence-corrected chi connectivity index (χ3v) is 4.65. The number of benzene rings is 1. The Balaban J connectivity index is 2.38. The normalized spacial score (nSPS) is 17.3. The number of likely N-dealkylation sites (N-methyl/N-ethyl adjacent to an activating group) is 1. The molecule has 140 valence electrons. The summed E-state index contributed by atoms with van der Waals surface area (Å²) in [6.45, 7) is 7.90. The molecule has 1 aliphatic heterocycles. The molecule has 0 radical (unpaired) electrons. The quantitative estimate of drug-likeness (QED) is 0.562. The van der Waals surface area contributed by atoms with Crippen molar-refractivity contribution in [2.75, 3.05) is 26.2 Å². The highest BCUT2D eigenvalue weighted by Crippen LogP contribution is 2.37. The molecular formula is C18H23N3O5. The van der Waals surface area contributed by atoms with E-state index in [0.717, 1.165) is 13.1 Å². The summed E-state index contributed by atoms with van der Waals surface area (Å²) in [6.07, 6.45) is 0. The Labute approximate surface area is 151 Å². The maximum absolute atomic E-state index is 12.5. The Morgan fingerprint density at radius 1 is 1.27 bits per heavy atom. The third-order valence-electron chi connectivity index (χ3n) is 4.65. The van der Waals surface area contributed by atoms with Crippen molar-refractivity contribution in [3.8, 4) is 0 Å². The van der Waals surface area contributed by atoms with Crippen LogP contribution in [0.5, 0.6) is 0 Å². The van der Waals surface area contributed by atoms with Crippen LogP contribution in [-0.2, 0) is 9.59 Å². The Morgan fingerprint density at radius 3 is 2.31 bits per heavy atom. The summed E-state index contributed by atoms with van der Waals surface area (Å²) in [4.78, 5) is 38.5. The zero-order valence-corrected chi connectivity index (χ0v) is 15.1. The standard InChI is InChI=1S/C18H23N3O5/c1-4-19(5-2)10-11-20-16(15(12(3)22)17(23)18(20)24)13-6-8-14(9-7-13)21(25)26/h6-9,16,23H,4-5,10-11H2,1-3H3. The van der Waals surface area contributed by atoms with Crippen molar-refractivity contribution in [2.45, 2.75) is 26.8 Å². The molecule has 0 saturated carbocycles. The van der Waals surface area contributed by atoms with Gasteiger partial charge in [-0.3, -0.25) is 19.7 Å². The van der Waals surface area contributed by atoms with Gasteiger partial charge in [-0.15, -0.1) is 0 Å². The molecule has 0 aliphatic carbocycles. The number of ketones is 1. The molecule has 0 bridgehead atoms. The summed E-state index contributed by atoms with van der Waals surface area (Å²) in [5.74, 6) is -1.53. The lowest BCUT2D eigenvalue weighted by Crippen LogP contribution is -2.38. The van der Waals surface area contributed by atoms with Crippen LogP contribution in [0.15, 0.2) is 35.6 Å². The SMILES string of the molecule is CCN(CC)CCN1C(=O)C(O)=C(C(C)=O)C1c1ccc([N+](=O)[O-])cc1. The first kappa shape index (κ1) is 19.6. The van der Waals surface area contributed by atoms with Crippen LogP contribution in [0.3, 0.4) is 0 Å². The summed E-state index contributed by atoms with van der Waals surface area (Å²) >= 11 is 0. The van der Waals surface area contributed by atoms with E-state index in [-0.39, 0.29) is 11.3 Å². The van der Waals surface area contributed by atoms with Crippen molar-refractivity contribution in [2.24, 2.45) is 0 Å². The molecule has 1 atom stereocenters. The van der Waals surface area contributed by atoms with E-state index in [0.29, 0.717) is 18.7 Å². The smallest absolute Gasteiger partial charge is 0.290 e. The highest BCUT2D eigenvalue weighted by atomic mass is 16.6. The van der Waals surface area contributed by atoms with Crippen molar-refractivity contribution in [3.05, 3.63) is 51.3 Å². The monoisotopic (exact) mass is 361 g/mol. The summed E-state index contributed by atoms with van der Waals surface area (Å²) in [5, 5.41) is 21.0. The number of amides is 1. The Hall–Kier alpha value is -2.74. The van der Waals surface area contributed by atoms with E-state index >= 15 is 0 Å². The molecule has 1 aromatic rings. The van der Waals surface area contributed by atoms with Gasteiger partial charge in [0.05, 0.1) is 16.5 Å². The molecule has 8 heteroatoms. The van der Waals surface area contributed by atoms with Gasteiger partial charge in [0.1, 0.15) is 0 Å². The van der Waals surface area contributed by atoms with Crippen LogP contribution in [0.25, 0.3) is 0 Å². The van der Waals surface area contributed by atoms with Gasteiger partial charge in [0.15, 0.2) is 11.5 Å². The number of Topliss-reactive ketones (excluding diaryl/α,β-unsaturated/α-hetero) is 1. The van der Waals surface area contributed by atoms with Crippen LogP contribution in [0, 0.1) is 10.1 Å². The first-order valence-corrected chi connectivity index (χ1v) is 8.53. The number of nitrogens with zero attached hydrogens (tertiary/aromatic N) is 3. The van der Waals surface area contributed by atoms with Gasteiger partial charge in [-0.05, 0) is 37.7 Å². The predicted molar refractivity (Wildman–Crippen MR) is 95.7 cm³/mol. The first-order valence-electron chi connectivity index (χ1n) is 8.53. The Morgan fingerprint density at radius 2 is 1.85 bits per heavy atom. The van der Waals surface area contributed by atoms with Crippen molar-refractivity contribution < 1.29 is 19.6 Å². The van der Waals surface area contributed by atoms with E-state index in [9.17, 15) is 24.8 Å². The minimum Gasteiger partial charge on any atom is -0.503 e. The van der Waals surface area contributed by atoms with Gasteiger partial charge in [0, 0.05) is 25.2 Å². The Bertz CT molecular complexity index is 738. The minimum absolute atomic E-state index is 0.0309. The van der Waals surface area contributed by atoms with Crippen LogP contribution in [0.2, 0.25) is 0 Å². The summed E-state index contributed by atoms with van der Waals surface area (Å²) in [5.41, 5.74) is 0.506. The maximum Gasteiger partial charge on any atom is 0.290 e. The lowest BCUT2D eigenvalue weighted by atomic mass is 9.96. The zero-order chi connectivity index (χ0) is 19.4. The van der Waals surface area contributed by atoms with Gasteiger partial charge in [-0.25, -0.2) is 0 Å². The highest BCUT2D eigenvalue weighted by Gasteiger charge is 2.42. The fourth-order valence-electron chi connectivity index (χ4n) is 3.16. The van der Waals surface area contributed by atoms with Crippen LogP contribution < -0.4 is 0 Å². The van der Waals surface area contributed by atoms with E-state index in [1.54, 1.807) is 0 Å². The molecule has 8 nitrogen and oxygen atoms in total. The molecule has 1 heterocycles. The second-order valence-corrected chi connectivity index (χ2v) is 6.10. The van der Waals surface area contributed by atoms with Crippen molar-refractivity contribution in [3.63, 3.8) is 0 Å². The van der Waals surface area contributed by atoms with E-state index in [1.807, 2.05) is 13.8 Å². The Kier molecular flexibility index (Phi) is 6.10. The highest BCUT2D eigenvalue weighted by molar-refractivity contribution is 6.08. The lowest BCUT2D eigenvalue weighted by molar-refractivity contribution is -0.384. The fourth-order valence-corrected chi connectivity index (χ4v) is 3.16. The molecule has 1 unspecified atom stereocenters. The molecule has 1 N–H and O–H groups in total. The second-order valence-electron chi connectivity index (χ2n) is 6.10. The van der Waals surface area contributed by atoms with Gasteiger partial charge < -0.3 is 14.9 Å². The molecule has 0 aromatic heterocycles. The van der Waals surface area contributed by atoms with Crippen molar-refractivity contribution >= 4 is 17.4 Å². The van der Waals surface area contributed by atoms with Gasteiger partial charge in [0.2, 0.25) is 0 Å². The van der Waals surface area contributed by atoms with E-state index in [1.165, 1.54) is 36.1 Å². The lowest BCUT2D eigenvalue weighted by Gasteiger charge is -2.29. The number of hydrogen-bond acceptors (Lipinski definition) is 6. The molecule has 1 aliphatic rings. The fraction of sp³-hybridized carbons (Fsp3) is 0.444. The van der Waals surface area contributed by atoms with Gasteiger partial charge >= 0.3 is 0 Å². The number of nitro groups is 1. The van der Waals surface area contributed by atoms with Crippen LogP contribution in [-0.4, -0.2) is 57.7 Å². The molecule has 0 spiro atoms. The average Bonchev–Trinajstić information content (AvgIpc) is 2.87. The molecule has 0 fully saturated rings. The predicted octanol–water partition coefficient (Wildman–Crippen LogP) is 2.22. The molecule has 1 aromatic carbocycles. The minimum atomic E-state index is -0.739. The average molecular weight is 361 g/mol. The molecule has 1 amide bonds. The third kappa shape index (κ3) is 3.75. The maximum atomic E-state index is 12.5. The molecule has 2 rings (SSSR count).